The second-order valence-corrected chi connectivity index (χ2v) is 7.02. The van der Waals surface area contributed by atoms with Gasteiger partial charge in [0.15, 0.2) is 11.8 Å². The fraction of sp³-hybridized carbons (Fsp3) is 0.318. The van der Waals surface area contributed by atoms with Gasteiger partial charge in [0, 0.05) is 19.3 Å². The number of benzene rings is 2. The monoisotopic (exact) mass is 390 g/mol. The second-order valence-electron chi connectivity index (χ2n) is 7.02. The van der Waals surface area contributed by atoms with Gasteiger partial charge in [0.2, 0.25) is 0 Å². The summed E-state index contributed by atoms with van der Waals surface area (Å²) in [6, 6.07) is 18.5. The van der Waals surface area contributed by atoms with Crippen molar-refractivity contribution in [3.8, 4) is 5.69 Å². The van der Waals surface area contributed by atoms with Gasteiger partial charge < -0.3 is 15.0 Å². The molecule has 0 bridgehead atoms. The number of ether oxygens (including phenoxy) is 1. The topological polar surface area (TPSA) is 67.6 Å². The Morgan fingerprint density at radius 3 is 2.76 bits per heavy atom. The largest absolute Gasteiger partial charge is 0.370 e. The van der Waals surface area contributed by atoms with E-state index in [1.165, 1.54) is 11.1 Å². The van der Waals surface area contributed by atoms with Crippen molar-refractivity contribution in [1.29, 1.82) is 0 Å². The number of nitrogens with one attached hydrogen (secondary N) is 1. The highest BCUT2D eigenvalue weighted by molar-refractivity contribution is 5.80. The number of hydrogen-bond donors (Lipinski definition) is 1. The molecule has 1 aliphatic heterocycles. The highest BCUT2D eigenvalue weighted by Gasteiger charge is 2.25. The number of aliphatic imine (C=N–C) groups is 1. The van der Waals surface area contributed by atoms with E-state index in [0.29, 0.717) is 13.2 Å². The summed E-state index contributed by atoms with van der Waals surface area (Å²) in [6.07, 6.45) is 1.77. The van der Waals surface area contributed by atoms with Crippen LogP contribution in [-0.4, -0.2) is 52.4 Å². The molecular formula is C22H26N6O. The maximum atomic E-state index is 6.05. The molecule has 1 aliphatic rings. The van der Waals surface area contributed by atoms with Gasteiger partial charge in [-0.3, -0.25) is 9.56 Å². The van der Waals surface area contributed by atoms with E-state index in [4.69, 9.17) is 4.74 Å². The van der Waals surface area contributed by atoms with Crippen LogP contribution >= 0.6 is 0 Å². The van der Waals surface area contributed by atoms with Gasteiger partial charge in [-0.2, -0.15) is 0 Å². The first-order valence-corrected chi connectivity index (χ1v) is 9.83. The summed E-state index contributed by atoms with van der Waals surface area (Å²) < 4.78 is 8.03. The number of aromatic nitrogens is 3. The maximum Gasteiger partial charge on any atom is 0.194 e. The maximum absolute atomic E-state index is 6.05. The minimum atomic E-state index is 0.0384. The van der Waals surface area contributed by atoms with Crippen LogP contribution in [0.15, 0.2) is 65.9 Å². The molecule has 1 fully saturated rings. The molecule has 2 heterocycles. The first-order chi connectivity index (χ1) is 14.3. The van der Waals surface area contributed by atoms with Crippen molar-refractivity contribution in [3.05, 3.63) is 77.9 Å². The fourth-order valence-electron chi connectivity index (χ4n) is 3.65. The fourth-order valence-corrected chi connectivity index (χ4v) is 3.65. The molecule has 1 N–H and O–H groups in total. The summed E-state index contributed by atoms with van der Waals surface area (Å²) in [4.78, 5) is 6.72. The number of rotatable bonds is 4. The van der Waals surface area contributed by atoms with Gasteiger partial charge in [-0.05, 0) is 30.2 Å². The molecule has 2 aromatic carbocycles. The number of nitrogens with zero attached hydrogens (tertiary/aromatic N) is 5. The Kier molecular flexibility index (Phi) is 5.86. The van der Waals surface area contributed by atoms with E-state index < -0.39 is 0 Å². The van der Waals surface area contributed by atoms with E-state index >= 15 is 0 Å². The molecule has 29 heavy (non-hydrogen) atoms. The molecule has 1 atom stereocenters. The van der Waals surface area contributed by atoms with Crippen molar-refractivity contribution >= 4 is 5.96 Å². The molecule has 0 spiro atoms. The standard InChI is InChI=1S/C22H26N6O/c1-17-8-6-7-11-19(17)20-15-27(12-13-29-20)22(23-2)24-14-21-26-25-16-28(21)18-9-4-3-5-10-18/h3-11,16,20H,12-15H2,1-2H3,(H,23,24). The molecular weight excluding hydrogens is 364 g/mol. The zero-order valence-electron chi connectivity index (χ0n) is 16.8. The average molecular weight is 390 g/mol. The zero-order chi connectivity index (χ0) is 20.1. The Bertz CT molecular complexity index is 968. The van der Waals surface area contributed by atoms with E-state index in [-0.39, 0.29) is 6.10 Å². The first-order valence-electron chi connectivity index (χ1n) is 9.83. The summed E-state index contributed by atoms with van der Waals surface area (Å²) in [5.74, 6) is 1.68. The SMILES string of the molecule is CN=C(NCc1nncn1-c1ccccc1)N1CCOC(c2ccccc2C)C1. The second kappa shape index (κ2) is 8.87. The Balaban J connectivity index is 1.44. The summed E-state index contributed by atoms with van der Waals surface area (Å²) in [7, 11) is 1.81. The minimum absolute atomic E-state index is 0.0384. The van der Waals surface area contributed by atoms with Crippen LogP contribution in [0.2, 0.25) is 0 Å². The van der Waals surface area contributed by atoms with Crippen LogP contribution in [0.4, 0.5) is 0 Å². The summed E-state index contributed by atoms with van der Waals surface area (Å²) in [5, 5.41) is 11.8. The number of guanidine groups is 1. The third-order valence-corrected chi connectivity index (χ3v) is 5.17. The highest BCUT2D eigenvalue weighted by Crippen LogP contribution is 2.25. The van der Waals surface area contributed by atoms with Gasteiger partial charge in [0.05, 0.1) is 19.7 Å². The molecule has 4 rings (SSSR count). The smallest absolute Gasteiger partial charge is 0.194 e. The quantitative estimate of drug-likeness (QED) is 0.548. The molecule has 0 radical (unpaired) electrons. The van der Waals surface area contributed by atoms with Gasteiger partial charge in [-0.15, -0.1) is 10.2 Å². The van der Waals surface area contributed by atoms with Gasteiger partial charge >= 0.3 is 0 Å². The molecule has 3 aromatic rings. The van der Waals surface area contributed by atoms with Crippen molar-refractivity contribution in [1.82, 2.24) is 25.0 Å². The Morgan fingerprint density at radius 2 is 1.97 bits per heavy atom. The van der Waals surface area contributed by atoms with Crippen molar-refractivity contribution in [2.75, 3.05) is 26.7 Å². The zero-order valence-corrected chi connectivity index (χ0v) is 16.8. The molecule has 150 valence electrons. The Morgan fingerprint density at radius 1 is 1.17 bits per heavy atom. The number of morpholine rings is 1. The van der Waals surface area contributed by atoms with Gasteiger partial charge in [0.1, 0.15) is 12.4 Å². The lowest BCUT2D eigenvalue weighted by atomic mass is 10.0. The van der Waals surface area contributed by atoms with E-state index in [1.54, 1.807) is 6.33 Å². The lowest BCUT2D eigenvalue weighted by molar-refractivity contribution is -0.00835. The first kappa shape index (κ1) is 19.1. The number of hydrogen-bond acceptors (Lipinski definition) is 4. The predicted molar refractivity (Wildman–Crippen MR) is 113 cm³/mol. The minimum Gasteiger partial charge on any atom is -0.370 e. The van der Waals surface area contributed by atoms with E-state index in [9.17, 15) is 0 Å². The van der Waals surface area contributed by atoms with E-state index in [0.717, 1.165) is 30.6 Å². The lowest BCUT2D eigenvalue weighted by Gasteiger charge is -2.35. The highest BCUT2D eigenvalue weighted by atomic mass is 16.5. The van der Waals surface area contributed by atoms with Crippen molar-refractivity contribution in [3.63, 3.8) is 0 Å². The lowest BCUT2D eigenvalue weighted by Crippen LogP contribution is -2.48. The van der Waals surface area contributed by atoms with Crippen LogP contribution in [-0.2, 0) is 11.3 Å². The average Bonchev–Trinajstić information content (AvgIpc) is 3.24. The summed E-state index contributed by atoms with van der Waals surface area (Å²) in [5.41, 5.74) is 3.52. The third kappa shape index (κ3) is 4.30. The van der Waals surface area contributed by atoms with E-state index in [1.807, 2.05) is 41.9 Å². The van der Waals surface area contributed by atoms with E-state index in [2.05, 4.69) is 56.6 Å². The normalized spacial score (nSPS) is 17.4. The molecule has 7 heteroatoms. The molecule has 1 aromatic heterocycles. The molecule has 0 aliphatic carbocycles. The van der Waals surface area contributed by atoms with Crippen LogP contribution in [0.3, 0.4) is 0 Å². The molecule has 1 saturated heterocycles. The third-order valence-electron chi connectivity index (χ3n) is 5.17. The summed E-state index contributed by atoms with van der Waals surface area (Å²) in [6.45, 7) is 4.89. The van der Waals surface area contributed by atoms with Crippen molar-refractivity contribution in [2.24, 2.45) is 4.99 Å². The molecule has 0 saturated carbocycles. The van der Waals surface area contributed by atoms with Crippen LogP contribution in [0.25, 0.3) is 5.69 Å². The van der Waals surface area contributed by atoms with Crippen LogP contribution in [0.5, 0.6) is 0 Å². The van der Waals surface area contributed by atoms with Gasteiger partial charge in [-0.1, -0.05) is 42.5 Å². The summed E-state index contributed by atoms with van der Waals surface area (Å²) >= 11 is 0. The van der Waals surface area contributed by atoms with Crippen molar-refractivity contribution in [2.45, 2.75) is 19.6 Å². The molecule has 1 unspecified atom stereocenters. The Hall–Kier alpha value is -3.19. The number of aryl methyl sites for hydroxylation is 1. The van der Waals surface area contributed by atoms with Crippen LogP contribution in [0, 0.1) is 6.92 Å². The molecule has 7 nitrogen and oxygen atoms in total. The number of para-hydroxylation sites is 1. The van der Waals surface area contributed by atoms with Crippen LogP contribution < -0.4 is 5.32 Å². The van der Waals surface area contributed by atoms with Crippen molar-refractivity contribution < 1.29 is 4.74 Å². The predicted octanol–water partition coefficient (Wildman–Crippen LogP) is 2.72. The van der Waals surface area contributed by atoms with Gasteiger partial charge in [0.25, 0.3) is 0 Å². The van der Waals surface area contributed by atoms with Crippen LogP contribution in [0.1, 0.15) is 23.1 Å². The Labute approximate surface area is 171 Å². The molecule has 0 amide bonds. The van der Waals surface area contributed by atoms with Gasteiger partial charge in [-0.25, -0.2) is 0 Å².